The Morgan fingerprint density at radius 1 is 1.09 bits per heavy atom. The fourth-order valence-corrected chi connectivity index (χ4v) is 2.45. The molecule has 1 heterocycles. The molecule has 23 heavy (non-hydrogen) atoms. The summed E-state index contributed by atoms with van der Waals surface area (Å²) in [7, 11) is 3.18. The van der Waals surface area contributed by atoms with Gasteiger partial charge in [0.2, 0.25) is 0 Å². The maximum absolute atomic E-state index is 12.1. The summed E-state index contributed by atoms with van der Waals surface area (Å²) in [6, 6.07) is 7.81. The number of carbonyl (C=O) groups excluding carboxylic acids is 2. The van der Waals surface area contributed by atoms with Gasteiger partial charge >= 0.3 is 11.8 Å². The zero-order chi connectivity index (χ0) is 16.7. The average Bonchev–Trinajstić information content (AvgIpc) is 2.61. The van der Waals surface area contributed by atoms with Gasteiger partial charge < -0.3 is 24.6 Å². The van der Waals surface area contributed by atoms with Gasteiger partial charge in [-0.25, -0.2) is 0 Å². The van der Waals surface area contributed by atoms with Gasteiger partial charge in [-0.1, -0.05) is 0 Å². The summed E-state index contributed by atoms with van der Waals surface area (Å²) in [6.07, 6.45) is 0. The smallest absolute Gasteiger partial charge is 0.312 e. The van der Waals surface area contributed by atoms with Gasteiger partial charge in [-0.3, -0.25) is 9.59 Å². The summed E-state index contributed by atoms with van der Waals surface area (Å²) < 4.78 is 9.99. The number of nitrogens with zero attached hydrogens (tertiary/aromatic N) is 2. The molecule has 7 heteroatoms. The van der Waals surface area contributed by atoms with Crippen molar-refractivity contribution in [3.05, 3.63) is 24.3 Å². The lowest BCUT2D eigenvalue weighted by molar-refractivity contribution is -0.146. The van der Waals surface area contributed by atoms with E-state index in [1.807, 2.05) is 24.3 Å². The first-order valence-corrected chi connectivity index (χ1v) is 7.60. The summed E-state index contributed by atoms with van der Waals surface area (Å²) in [5.41, 5.74) is 1.09. The third-order valence-electron chi connectivity index (χ3n) is 3.79. The second kappa shape index (κ2) is 8.38. The SMILES string of the molecule is COCCNC(=O)C(=O)N1CCN(c2ccc(OC)cc2)CC1. The molecule has 1 aliphatic heterocycles. The number of methoxy groups -OCH3 is 2. The Bertz CT molecular complexity index is 525. The van der Waals surface area contributed by atoms with Crippen molar-refractivity contribution in [3.63, 3.8) is 0 Å². The fraction of sp³-hybridized carbons (Fsp3) is 0.500. The van der Waals surface area contributed by atoms with Crippen LogP contribution in [-0.2, 0) is 14.3 Å². The van der Waals surface area contributed by atoms with Crippen molar-refractivity contribution in [1.29, 1.82) is 0 Å². The molecule has 7 nitrogen and oxygen atoms in total. The van der Waals surface area contributed by atoms with Gasteiger partial charge in [0.1, 0.15) is 5.75 Å². The first-order valence-electron chi connectivity index (χ1n) is 7.60. The van der Waals surface area contributed by atoms with Gasteiger partial charge in [0, 0.05) is 45.5 Å². The number of hydrogen-bond acceptors (Lipinski definition) is 5. The van der Waals surface area contributed by atoms with E-state index in [9.17, 15) is 9.59 Å². The maximum atomic E-state index is 12.1. The van der Waals surface area contributed by atoms with E-state index in [1.54, 1.807) is 19.1 Å². The molecule has 0 aliphatic carbocycles. The molecule has 0 saturated carbocycles. The molecule has 1 N–H and O–H groups in total. The third kappa shape index (κ3) is 4.59. The lowest BCUT2D eigenvalue weighted by atomic mass is 10.2. The second-order valence-electron chi connectivity index (χ2n) is 5.23. The van der Waals surface area contributed by atoms with E-state index in [0.717, 1.165) is 11.4 Å². The van der Waals surface area contributed by atoms with Crippen LogP contribution in [0.2, 0.25) is 0 Å². The average molecular weight is 321 g/mol. The van der Waals surface area contributed by atoms with Crippen molar-refractivity contribution in [2.75, 3.05) is 58.5 Å². The molecule has 2 amide bonds. The van der Waals surface area contributed by atoms with E-state index < -0.39 is 11.8 Å². The normalized spacial score (nSPS) is 14.5. The molecule has 1 aromatic carbocycles. The van der Waals surface area contributed by atoms with Crippen LogP contribution in [-0.4, -0.2) is 70.3 Å². The Morgan fingerprint density at radius 3 is 2.30 bits per heavy atom. The minimum Gasteiger partial charge on any atom is -0.497 e. The largest absolute Gasteiger partial charge is 0.497 e. The molecule has 0 radical (unpaired) electrons. The number of nitrogens with one attached hydrogen (secondary N) is 1. The molecule has 126 valence electrons. The van der Waals surface area contributed by atoms with Crippen LogP contribution in [0.3, 0.4) is 0 Å². The van der Waals surface area contributed by atoms with E-state index in [-0.39, 0.29) is 0 Å². The molecule has 1 aliphatic rings. The van der Waals surface area contributed by atoms with Crippen molar-refractivity contribution in [1.82, 2.24) is 10.2 Å². The predicted molar refractivity (Wildman–Crippen MR) is 86.7 cm³/mol. The maximum Gasteiger partial charge on any atom is 0.312 e. The molecule has 0 bridgehead atoms. The molecule has 0 unspecified atom stereocenters. The highest BCUT2D eigenvalue weighted by molar-refractivity contribution is 6.35. The van der Waals surface area contributed by atoms with E-state index in [1.165, 1.54) is 0 Å². The molecular weight excluding hydrogens is 298 g/mol. The Morgan fingerprint density at radius 2 is 1.74 bits per heavy atom. The number of ether oxygens (including phenoxy) is 2. The predicted octanol–water partition coefficient (Wildman–Crippen LogP) is 0.106. The standard InChI is InChI=1S/C16H23N3O4/c1-22-12-7-17-15(20)16(21)19-10-8-18(9-11-19)13-3-5-14(23-2)6-4-13/h3-6H,7-12H2,1-2H3,(H,17,20). The molecule has 1 aromatic rings. The number of piperazine rings is 1. The van der Waals surface area contributed by atoms with Crippen LogP contribution in [0.15, 0.2) is 24.3 Å². The topological polar surface area (TPSA) is 71.1 Å². The Hall–Kier alpha value is -2.28. The zero-order valence-electron chi connectivity index (χ0n) is 13.6. The zero-order valence-corrected chi connectivity index (χ0v) is 13.6. The quantitative estimate of drug-likeness (QED) is 0.615. The Labute approximate surface area is 136 Å². The number of anilines is 1. The van der Waals surface area contributed by atoms with Crippen LogP contribution < -0.4 is 15.0 Å². The highest BCUT2D eigenvalue weighted by Crippen LogP contribution is 2.20. The van der Waals surface area contributed by atoms with Gasteiger partial charge in [-0.05, 0) is 24.3 Å². The molecular formula is C16H23N3O4. The van der Waals surface area contributed by atoms with Gasteiger partial charge in [0.05, 0.1) is 13.7 Å². The van der Waals surface area contributed by atoms with Gasteiger partial charge in [0.15, 0.2) is 0 Å². The van der Waals surface area contributed by atoms with Crippen LogP contribution in [0.4, 0.5) is 5.69 Å². The molecule has 0 atom stereocenters. The Kier molecular flexibility index (Phi) is 6.22. The summed E-state index contributed by atoms with van der Waals surface area (Å²) in [5, 5.41) is 2.55. The first-order chi connectivity index (χ1) is 11.2. The van der Waals surface area contributed by atoms with Crippen LogP contribution in [0.1, 0.15) is 0 Å². The minimum absolute atomic E-state index is 0.340. The number of amides is 2. The number of carbonyl (C=O) groups is 2. The van der Waals surface area contributed by atoms with Gasteiger partial charge in [-0.2, -0.15) is 0 Å². The molecule has 0 aromatic heterocycles. The summed E-state index contributed by atoms with van der Waals surface area (Å²) >= 11 is 0. The summed E-state index contributed by atoms with van der Waals surface area (Å²) in [4.78, 5) is 27.6. The van der Waals surface area contributed by atoms with Crippen molar-refractivity contribution >= 4 is 17.5 Å². The highest BCUT2D eigenvalue weighted by atomic mass is 16.5. The van der Waals surface area contributed by atoms with Crippen molar-refractivity contribution < 1.29 is 19.1 Å². The molecule has 1 fully saturated rings. The van der Waals surface area contributed by atoms with Crippen molar-refractivity contribution in [2.24, 2.45) is 0 Å². The molecule has 2 rings (SSSR count). The fourth-order valence-electron chi connectivity index (χ4n) is 2.45. The molecule has 1 saturated heterocycles. The van der Waals surface area contributed by atoms with Gasteiger partial charge in [-0.15, -0.1) is 0 Å². The summed E-state index contributed by atoms with van der Waals surface area (Å²) in [6.45, 7) is 3.19. The third-order valence-corrected chi connectivity index (χ3v) is 3.79. The monoisotopic (exact) mass is 321 g/mol. The lowest BCUT2D eigenvalue weighted by Gasteiger charge is -2.35. The van der Waals surface area contributed by atoms with Crippen molar-refractivity contribution in [2.45, 2.75) is 0 Å². The highest BCUT2D eigenvalue weighted by Gasteiger charge is 2.25. The van der Waals surface area contributed by atoms with Crippen molar-refractivity contribution in [3.8, 4) is 5.75 Å². The lowest BCUT2D eigenvalue weighted by Crippen LogP contribution is -2.53. The van der Waals surface area contributed by atoms with Crippen LogP contribution in [0.25, 0.3) is 0 Å². The van der Waals surface area contributed by atoms with E-state index in [2.05, 4.69) is 10.2 Å². The van der Waals surface area contributed by atoms with Crippen LogP contribution >= 0.6 is 0 Å². The van der Waals surface area contributed by atoms with Gasteiger partial charge in [0.25, 0.3) is 0 Å². The van der Waals surface area contributed by atoms with Crippen LogP contribution in [0.5, 0.6) is 5.75 Å². The number of rotatable bonds is 5. The minimum atomic E-state index is -0.569. The summed E-state index contributed by atoms with van der Waals surface area (Å²) in [5.74, 6) is -0.231. The van der Waals surface area contributed by atoms with Crippen LogP contribution in [0, 0.1) is 0 Å². The van der Waals surface area contributed by atoms with E-state index >= 15 is 0 Å². The van der Waals surface area contributed by atoms with E-state index in [0.29, 0.717) is 39.3 Å². The first kappa shape index (κ1) is 17.1. The molecule has 0 spiro atoms. The number of benzene rings is 1. The number of hydrogen-bond donors (Lipinski definition) is 1. The van der Waals surface area contributed by atoms with E-state index in [4.69, 9.17) is 9.47 Å². The second-order valence-corrected chi connectivity index (χ2v) is 5.23. The Balaban J connectivity index is 1.82.